The molecule has 21 heavy (non-hydrogen) atoms. The molecule has 1 rings (SSSR count). The third-order valence-corrected chi connectivity index (χ3v) is 3.54. The number of carbonyl (C=O) groups is 2. The molecule has 0 unspecified atom stereocenters. The van der Waals surface area contributed by atoms with Crippen molar-refractivity contribution in [3.63, 3.8) is 0 Å². The second-order valence-corrected chi connectivity index (χ2v) is 5.80. The molecule has 0 radical (unpaired) electrons. The highest BCUT2D eigenvalue weighted by Crippen LogP contribution is 2.28. The molecule has 0 heterocycles. The van der Waals surface area contributed by atoms with Crippen LogP contribution in [0.25, 0.3) is 0 Å². The lowest BCUT2D eigenvalue weighted by Crippen LogP contribution is -2.33. The van der Waals surface area contributed by atoms with Crippen LogP contribution in [0.5, 0.6) is 0 Å². The SMILES string of the molecule is CCC(=O)O[C@H](C)C(C)(C)CC(=O)OCc1ccccc1. The summed E-state index contributed by atoms with van der Waals surface area (Å²) >= 11 is 0. The van der Waals surface area contributed by atoms with Gasteiger partial charge < -0.3 is 9.47 Å². The maximum absolute atomic E-state index is 11.9. The van der Waals surface area contributed by atoms with Crippen molar-refractivity contribution in [3.8, 4) is 0 Å². The molecule has 0 saturated heterocycles. The first-order chi connectivity index (χ1) is 9.85. The molecule has 0 bridgehead atoms. The van der Waals surface area contributed by atoms with Gasteiger partial charge in [0.15, 0.2) is 0 Å². The zero-order valence-corrected chi connectivity index (χ0v) is 13.2. The minimum absolute atomic E-state index is 0.206. The third kappa shape index (κ3) is 5.98. The van der Waals surface area contributed by atoms with Crippen LogP contribution in [0, 0.1) is 5.41 Å². The van der Waals surface area contributed by atoms with Crippen molar-refractivity contribution < 1.29 is 19.1 Å². The topological polar surface area (TPSA) is 52.6 Å². The van der Waals surface area contributed by atoms with Gasteiger partial charge in [0.1, 0.15) is 12.7 Å². The van der Waals surface area contributed by atoms with Gasteiger partial charge in [-0.05, 0) is 12.5 Å². The van der Waals surface area contributed by atoms with Crippen LogP contribution >= 0.6 is 0 Å². The predicted octanol–water partition coefficient (Wildman–Crippen LogP) is 3.49. The largest absolute Gasteiger partial charge is 0.462 e. The zero-order chi connectivity index (χ0) is 15.9. The summed E-state index contributed by atoms with van der Waals surface area (Å²) in [6.45, 7) is 7.60. The molecule has 4 heteroatoms. The van der Waals surface area contributed by atoms with Gasteiger partial charge in [0.25, 0.3) is 0 Å². The van der Waals surface area contributed by atoms with Crippen molar-refractivity contribution in [1.29, 1.82) is 0 Å². The number of carbonyl (C=O) groups excluding carboxylic acids is 2. The third-order valence-electron chi connectivity index (χ3n) is 3.54. The van der Waals surface area contributed by atoms with Crippen molar-refractivity contribution >= 4 is 11.9 Å². The number of rotatable bonds is 7. The average Bonchev–Trinajstić information content (AvgIpc) is 2.45. The predicted molar refractivity (Wildman–Crippen MR) is 80.5 cm³/mol. The average molecular weight is 292 g/mol. The van der Waals surface area contributed by atoms with Crippen LogP contribution in [0.4, 0.5) is 0 Å². The summed E-state index contributed by atoms with van der Waals surface area (Å²) < 4.78 is 10.5. The molecule has 0 aromatic heterocycles. The van der Waals surface area contributed by atoms with Crippen molar-refractivity contribution in [2.75, 3.05) is 0 Å². The van der Waals surface area contributed by atoms with Crippen LogP contribution in [0.1, 0.15) is 46.1 Å². The van der Waals surface area contributed by atoms with E-state index in [1.54, 1.807) is 13.8 Å². The highest BCUT2D eigenvalue weighted by atomic mass is 16.5. The first-order valence-corrected chi connectivity index (χ1v) is 7.24. The van der Waals surface area contributed by atoms with Gasteiger partial charge in [-0.2, -0.15) is 0 Å². The van der Waals surface area contributed by atoms with Gasteiger partial charge in [0.05, 0.1) is 6.42 Å². The van der Waals surface area contributed by atoms with Crippen molar-refractivity contribution in [2.24, 2.45) is 5.41 Å². The molecule has 4 nitrogen and oxygen atoms in total. The monoisotopic (exact) mass is 292 g/mol. The first kappa shape index (κ1) is 17.2. The molecule has 0 aliphatic heterocycles. The summed E-state index contributed by atoms with van der Waals surface area (Å²) in [5.41, 5.74) is 0.493. The van der Waals surface area contributed by atoms with E-state index in [2.05, 4.69) is 0 Å². The molecule has 116 valence electrons. The number of benzene rings is 1. The number of esters is 2. The Bertz CT molecular complexity index is 465. The summed E-state index contributed by atoms with van der Waals surface area (Å²) in [7, 11) is 0. The van der Waals surface area contributed by atoms with Gasteiger partial charge in [-0.25, -0.2) is 0 Å². The van der Waals surface area contributed by atoms with Crippen LogP contribution < -0.4 is 0 Å². The Hall–Kier alpha value is -1.84. The highest BCUT2D eigenvalue weighted by Gasteiger charge is 2.32. The fourth-order valence-electron chi connectivity index (χ4n) is 1.74. The first-order valence-electron chi connectivity index (χ1n) is 7.24. The molecule has 0 aliphatic rings. The summed E-state index contributed by atoms with van der Waals surface area (Å²) in [6.07, 6.45) is 0.200. The fraction of sp³-hybridized carbons (Fsp3) is 0.529. The molecule has 0 aliphatic carbocycles. The summed E-state index contributed by atoms with van der Waals surface area (Å²) in [5, 5.41) is 0. The number of hydrogen-bond acceptors (Lipinski definition) is 4. The molecule has 1 aromatic carbocycles. The van der Waals surface area contributed by atoms with Gasteiger partial charge in [-0.15, -0.1) is 0 Å². The Balaban J connectivity index is 2.46. The summed E-state index contributed by atoms with van der Waals surface area (Å²) in [5.74, 6) is -0.545. The van der Waals surface area contributed by atoms with Crippen molar-refractivity contribution in [1.82, 2.24) is 0 Å². The zero-order valence-electron chi connectivity index (χ0n) is 13.2. The van der Waals surface area contributed by atoms with E-state index in [-0.39, 0.29) is 31.1 Å². The second-order valence-electron chi connectivity index (χ2n) is 5.80. The van der Waals surface area contributed by atoms with Crippen LogP contribution in [0.2, 0.25) is 0 Å². The molecule has 0 fully saturated rings. The second kappa shape index (κ2) is 7.81. The van der Waals surface area contributed by atoms with E-state index in [1.165, 1.54) is 0 Å². The molecule has 0 N–H and O–H groups in total. The lowest BCUT2D eigenvalue weighted by Gasteiger charge is -2.30. The minimum atomic E-state index is -0.460. The van der Waals surface area contributed by atoms with E-state index in [1.807, 2.05) is 44.2 Å². The van der Waals surface area contributed by atoms with Gasteiger partial charge >= 0.3 is 11.9 Å². The van der Waals surface area contributed by atoms with E-state index in [9.17, 15) is 9.59 Å². The van der Waals surface area contributed by atoms with E-state index in [4.69, 9.17) is 9.47 Å². The van der Waals surface area contributed by atoms with Crippen molar-refractivity contribution in [2.45, 2.75) is 53.2 Å². The molecular formula is C17H24O4. The highest BCUT2D eigenvalue weighted by molar-refractivity contribution is 5.71. The number of ether oxygens (including phenoxy) is 2. The lowest BCUT2D eigenvalue weighted by atomic mass is 9.84. The lowest BCUT2D eigenvalue weighted by molar-refractivity contribution is -0.159. The van der Waals surface area contributed by atoms with Crippen LogP contribution in [-0.2, 0) is 25.7 Å². The Morgan fingerprint density at radius 2 is 1.76 bits per heavy atom. The maximum Gasteiger partial charge on any atom is 0.306 e. The van der Waals surface area contributed by atoms with E-state index in [0.717, 1.165) is 5.56 Å². The molecule has 1 aromatic rings. The number of hydrogen-bond donors (Lipinski definition) is 0. The minimum Gasteiger partial charge on any atom is -0.462 e. The fourth-order valence-corrected chi connectivity index (χ4v) is 1.74. The van der Waals surface area contributed by atoms with E-state index in [0.29, 0.717) is 6.42 Å². The van der Waals surface area contributed by atoms with Gasteiger partial charge in [-0.3, -0.25) is 9.59 Å². The van der Waals surface area contributed by atoms with Gasteiger partial charge in [0.2, 0.25) is 0 Å². The maximum atomic E-state index is 11.9. The van der Waals surface area contributed by atoms with Crippen LogP contribution in [-0.4, -0.2) is 18.0 Å². The van der Waals surface area contributed by atoms with Crippen LogP contribution in [0.15, 0.2) is 30.3 Å². The van der Waals surface area contributed by atoms with Gasteiger partial charge in [0, 0.05) is 11.8 Å². The Labute approximate surface area is 126 Å². The quantitative estimate of drug-likeness (QED) is 0.722. The molecule has 0 spiro atoms. The van der Waals surface area contributed by atoms with Crippen molar-refractivity contribution in [3.05, 3.63) is 35.9 Å². The van der Waals surface area contributed by atoms with E-state index < -0.39 is 5.41 Å². The Morgan fingerprint density at radius 3 is 2.33 bits per heavy atom. The molecular weight excluding hydrogens is 268 g/mol. The normalized spacial score (nSPS) is 12.6. The molecule has 0 amide bonds. The summed E-state index contributed by atoms with van der Waals surface area (Å²) in [6, 6.07) is 9.53. The Kier molecular flexibility index (Phi) is 6.40. The standard InChI is InChI=1S/C17H24O4/c1-5-15(18)21-13(2)17(3,4)11-16(19)20-12-14-9-7-6-8-10-14/h6-10,13H,5,11-12H2,1-4H3/t13-/m1/s1. The smallest absolute Gasteiger partial charge is 0.306 e. The van der Waals surface area contributed by atoms with Crippen LogP contribution in [0.3, 0.4) is 0 Å². The summed E-state index contributed by atoms with van der Waals surface area (Å²) in [4.78, 5) is 23.3. The molecule has 0 saturated carbocycles. The Morgan fingerprint density at radius 1 is 1.14 bits per heavy atom. The van der Waals surface area contributed by atoms with E-state index >= 15 is 0 Å². The molecule has 1 atom stereocenters. The van der Waals surface area contributed by atoms with Gasteiger partial charge in [-0.1, -0.05) is 51.1 Å².